The number of nitrogens with one attached hydrogen (secondary N) is 1. The summed E-state index contributed by atoms with van der Waals surface area (Å²) in [6.07, 6.45) is -0.529. The van der Waals surface area contributed by atoms with Crippen molar-refractivity contribution in [1.82, 2.24) is 5.32 Å². The highest BCUT2D eigenvalue weighted by Crippen LogP contribution is 2.18. The number of carbonyl (C=O) groups is 1. The smallest absolute Gasteiger partial charge is 0.252 e. The zero-order chi connectivity index (χ0) is 11.4. The molecule has 1 aromatic rings. The number of aliphatic hydroxyl groups excluding tert-OH is 1. The van der Waals surface area contributed by atoms with Gasteiger partial charge in [0.05, 0.1) is 11.7 Å². The van der Waals surface area contributed by atoms with Crippen LogP contribution in [0.15, 0.2) is 22.7 Å². The van der Waals surface area contributed by atoms with Crippen molar-refractivity contribution in [2.45, 2.75) is 13.0 Å². The summed E-state index contributed by atoms with van der Waals surface area (Å²) < 4.78 is 1.75. The van der Waals surface area contributed by atoms with Crippen molar-refractivity contribution in [3.63, 3.8) is 0 Å². The standard InChI is InChI=1S/C10H11BrINO2/c1-6(14)5-13-10(15)8-4-7(11)2-3-9(8)12/h2-4,6,14H,5H2,1H3,(H,13,15)/t6-/m0/s1. The molecule has 82 valence electrons. The third-order valence-corrected chi connectivity index (χ3v) is 3.16. The number of rotatable bonds is 3. The lowest BCUT2D eigenvalue weighted by Gasteiger charge is -2.08. The van der Waals surface area contributed by atoms with Crippen LogP contribution >= 0.6 is 38.5 Å². The summed E-state index contributed by atoms with van der Waals surface area (Å²) in [5, 5.41) is 11.7. The fourth-order valence-electron chi connectivity index (χ4n) is 1.01. The Hall–Kier alpha value is -0.140. The van der Waals surface area contributed by atoms with E-state index < -0.39 is 6.10 Å². The first-order valence-electron chi connectivity index (χ1n) is 4.42. The van der Waals surface area contributed by atoms with E-state index in [1.807, 2.05) is 12.1 Å². The van der Waals surface area contributed by atoms with Crippen LogP contribution in [0.5, 0.6) is 0 Å². The van der Waals surface area contributed by atoms with E-state index in [0.29, 0.717) is 5.56 Å². The van der Waals surface area contributed by atoms with Crippen LogP contribution in [0.4, 0.5) is 0 Å². The molecule has 1 aromatic carbocycles. The number of aliphatic hydroxyl groups is 1. The van der Waals surface area contributed by atoms with E-state index in [9.17, 15) is 4.79 Å². The first-order chi connectivity index (χ1) is 7.00. The summed E-state index contributed by atoms with van der Waals surface area (Å²) in [7, 11) is 0. The second-order valence-corrected chi connectivity index (χ2v) is 5.26. The van der Waals surface area contributed by atoms with Crippen LogP contribution in [0, 0.1) is 3.57 Å². The largest absolute Gasteiger partial charge is 0.392 e. The second kappa shape index (κ2) is 5.81. The van der Waals surface area contributed by atoms with E-state index in [0.717, 1.165) is 8.04 Å². The van der Waals surface area contributed by atoms with Gasteiger partial charge in [-0.15, -0.1) is 0 Å². The first-order valence-corrected chi connectivity index (χ1v) is 6.29. The fraction of sp³-hybridized carbons (Fsp3) is 0.300. The minimum absolute atomic E-state index is 0.165. The number of halogens is 2. The Bertz CT molecular complexity index is 368. The molecule has 1 atom stereocenters. The minimum Gasteiger partial charge on any atom is -0.392 e. The Labute approximate surface area is 111 Å². The molecule has 0 unspecified atom stereocenters. The summed E-state index contributed by atoms with van der Waals surface area (Å²) >= 11 is 5.42. The number of carbonyl (C=O) groups excluding carboxylic acids is 1. The topological polar surface area (TPSA) is 49.3 Å². The third-order valence-electron chi connectivity index (χ3n) is 1.73. The molecule has 0 radical (unpaired) electrons. The van der Waals surface area contributed by atoms with Crippen LogP contribution in [0.3, 0.4) is 0 Å². The Balaban J connectivity index is 2.77. The average molecular weight is 384 g/mol. The maximum Gasteiger partial charge on any atom is 0.252 e. The molecular formula is C10H11BrINO2. The van der Waals surface area contributed by atoms with Gasteiger partial charge < -0.3 is 10.4 Å². The predicted molar refractivity (Wildman–Crippen MR) is 70.9 cm³/mol. The van der Waals surface area contributed by atoms with Crippen LogP contribution in [0.25, 0.3) is 0 Å². The van der Waals surface area contributed by atoms with Gasteiger partial charge in [-0.2, -0.15) is 0 Å². The molecule has 1 rings (SSSR count). The lowest BCUT2D eigenvalue weighted by molar-refractivity contribution is 0.0923. The molecule has 0 spiro atoms. The summed E-state index contributed by atoms with van der Waals surface area (Å²) in [5.41, 5.74) is 0.616. The van der Waals surface area contributed by atoms with Gasteiger partial charge in [0, 0.05) is 14.6 Å². The fourth-order valence-corrected chi connectivity index (χ4v) is 1.95. The Morgan fingerprint density at radius 1 is 1.67 bits per heavy atom. The van der Waals surface area contributed by atoms with Crippen molar-refractivity contribution in [1.29, 1.82) is 0 Å². The van der Waals surface area contributed by atoms with E-state index in [1.54, 1.807) is 13.0 Å². The van der Waals surface area contributed by atoms with E-state index in [4.69, 9.17) is 5.11 Å². The zero-order valence-electron chi connectivity index (χ0n) is 8.13. The van der Waals surface area contributed by atoms with Crippen molar-refractivity contribution < 1.29 is 9.90 Å². The minimum atomic E-state index is -0.529. The number of benzene rings is 1. The molecule has 0 aliphatic carbocycles. The lowest BCUT2D eigenvalue weighted by Crippen LogP contribution is -2.31. The maximum absolute atomic E-state index is 11.7. The van der Waals surface area contributed by atoms with E-state index in [1.165, 1.54) is 0 Å². The SMILES string of the molecule is C[C@H](O)CNC(=O)c1cc(Br)ccc1I. The van der Waals surface area contributed by atoms with Crippen LogP contribution < -0.4 is 5.32 Å². The van der Waals surface area contributed by atoms with Gasteiger partial charge in [0.25, 0.3) is 5.91 Å². The molecule has 0 fully saturated rings. The molecule has 0 heterocycles. The van der Waals surface area contributed by atoms with Crippen LogP contribution in [-0.4, -0.2) is 23.7 Å². The predicted octanol–water partition coefficient (Wildman–Crippen LogP) is 2.16. The van der Waals surface area contributed by atoms with Gasteiger partial charge in [0.15, 0.2) is 0 Å². The molecule has 0 saturated heterocycles. The molecule has 0 aliphatic heterocycles. The third kappa shape index (κ3) is 4.08. The van der Waals surface area contributed by atoms with Crippen molar-refractivity contribution >= 4 is 44.4 Å². The summed E-state index contributed by atoms with van der Waals surface area (Å²) in [6, 6.07) is 5.51. The van der Waals surface area contributed by atoms with Crippen LogP contribution in [-0.2, 0) is 0 Å². The molecule has 0 saturated carbocycles. The van der Waals surface area contributed by atoms with E-state index >= 15 is 0 Å². The molecule has 0 aliphatic rings. The van der Waals surface area contributed by atoms with E-state index in [2.05, 4.69) is 43.8 Å². The monoisotopic (exact) mass is 383 g/mol. The number of hydrogen-bond donors (Lipinski definition) is 2. The molecular weight excluding hydrogens is 373 g/mol. The van der Waals surface area contributed by atoms with Gasteiger partial charge in [-0.25, -0.2) is 0 Å². The molecule has 3 nitrogen and oxygen atoms in total. The van der Waals surface area contributed by atoms with Crippen molar-refractivity contribution in [2.75, 3.05) is 6.54 Å². The van der Waals surface area contributed by atoms with Gasteiger partial charge in [0.2, 0.25) is 0 Å². The number of hydrogen-bond acceptors (Lipinski definition) is 2. The summed E-state index contributed by atoms with van der Waals surface area (Å²) in [4.78, 5) is 11.7. The summed E-state index contributed by atoms with van der Waals surface area (Å²) in [6.45, 7) is 1.90. The van der Waals surface area contributed by atoms with Crippen molar-refractivity contribution in [2.24, 2.45) is 0 Å². The zero-order valence-corrected chi connectivity index (χ0v) is 11.9. The quantitative estimate of drug-likeness (QED) is 0.786. The van der Waals surface area contributed by atoms with Gasteiger partial charge >= 0.3 is 0 Å². The Morgan fingerprint density at radius 3 is 2.93 bits per heavy atom. The average Bonchev–Trinajstić information content (AvgIpc) is 2.18. The Kier molecular flexibility index (Phi) is 5.01. The lowest BCUT2D eigenvalue weighted by atomic mass is 10.2. The molecule has 0 aromatic heterocycles. The molecule has 15 heavy (non-hydrogen) atoms. The molecule has 5 heteroatoms. The van der Waals surface area contributed by atoms with Gasteiger partial charge in [-0.3, -0.25) is 4.79 Å². The molecule has 0 bridgehead atoms. The van der Waals surface area contributed by atoms with Crippen LogP contribution in [0.2, 0.25) is 0 Å². The first kappa shape index (κ1) is 12.9. The second-order valence-electron chi connectivity index (χ2n) is 3.18. The van der Waals surface area contributed by atoms with Crippen molar-refractivity contribution in [3.05, 3.63) is 31.8 Å². The molecule has 2 N–H and O–H groups in total. The highest BCUT2D eigenvalue weighted by molar-refractivity contribution is 14.1. The van der Waals surface area contributed by atoms with Gasteiger partial charge in [0.1, 0.15) is 0 Å². The number of amides is 1. The maximum atomic E-state index is 11.7. The molecule has 1 amide bonds. The Morgan fingerprint density at radius 2 is 2.33 bits per heavy atom. The van der Waals surface area contributed by atoms with Gasteiger partial charge in [-0.1, -0.05) is 15.9 Å². The normalized spacial score (nSPS) is 12.3. The van der Waals surface area contributed by atoms with Crippen molar-refractivity contribution in [3.8, 4) is 0 Å². The summed E-state index contributed by atoms with van der Waals surface area (Å²) in [5.74, 6) is -0.165. The highest BCUT2D eigenvalue weighted by Gasteiger charge is 2.10. The van der Waals surface area contributed by atoms with Gasteiger partial charge in [-0.05, 0) is 47.7 Å². The van der Waals surface area contributed by atoms with E-state index in [-0.39, 0.29) is 12.5 Å². The van der Waals surface area contributed by atoms with Crippen LogP contribution in [0.1, 0.15) is 17.3 Å². The highest BCUT2D eigenvalue weighted by atomic mass is 127.